The molecule has 0 aromatic heterocycles. The van der Waals surface area contributed by atoms with Gasteiger partial charge in [-0.05, 0) is 29.3 Å². The summed E-state index contributed by atoms with van der Waals surface area (Å²) >= 11 is 3.26. The highest BCUT2D eigenvalue weighted by molar-refractivity contribution is 9.10. The van der Waals surface area contributed by atoms with Gasteiger partial charge >= 0.3 is 0 Å². The number of sulfonamides is 1. The molecule has 0 saturated carbocycles. The summed E-state index contributed by atoms with van der Waals surface area (Å²) in [6.07, 6.45) is 0. The van der Waals surface area contributed by atoms with E-state index < -0.39 is 10.0 Å². The summed E-state index contributed by atoms with van der Waals surface area (Å²) in [4.78, 5) is 0.233. The first kappa shape index (κ1) is 15.2. The maximum Gasteiger partial charge on any atom is 0.240 e. The minimum absolute atomic E-state index is 0.224. The first-order valence-corrected chi connectivity index (χ1v) is 8.32. The number of hydrogen-bond acceptors (Lipinski definition) is 3. The van der Waals surface area contributed by atoms with E-state index in [1.807, 2.05) is 24.3 Å². The third-order valence-corrected chi connectivity index (χ3v) is 4.79. The zero-order chi connectivity index (χ0) is 14.6. The summed E-state index contributed by atoms with van der Waals surface area (Å²) < 4.78 is 27.7. The van der Waals surface area contributed by atoms with Crippen molar-refractivity contribution in [2.45, 2.75) is 18.0 Å². The van der Waals surface area contributed by atoms with E-state index in [1.54, 1.807) is 24.3 Å². The first-order valence-electron chi connectivity index (χ1n) is 6.05. The Balaban J connectivity index is 2.17. The Morgan fingerprint density at radius 3 is 2.40 bits per heavy atom. The van der Waals surface area contributed by atoms with E-state index in [1.165, 1.54) is 0 Å². The first-order chi connectivity index (χ1) is 9.53. The van der Waals surface area contributed by atoms with Crippen molar-refractivity contribution < 1.29 is 8.42 Å². The molecule has 2 rings (SSSR count). The van der Waals surface area contributed by atoms with Gasteiger partial charge in [0.1, 0.15) is 0 Å². The van der Waals surface area contributed by atoms with E-state index in [4.69, 9.17) is 5.73 Å². The van der Waals surface area contributed by atoms with Crippen LogP contribution in [0.15, 0.2) is 57.9 Å². The van der Waals surface area contributed by atoms with Crippen LogP contribution in [0.5, 0.6) is 0 Å². The Morgan fingerprint density at radius 2 is 1.75 bits per heavy atom. The molecule has 0 aliphatic heterocycles. The average Bonchev–Trinajstić information content (AvgIpc) is 2.45. The van der Waals surface area contributed by atoms with Crippen molar-refractivity contribution in [1.29, 1.82) is 0 Å². The second-order valence-electron chi connectivity index (χ2n) is 4.25. The fourth-order valence-corrected chi connectivity index (χ4v) is 3.42. The molecular weight excluding hydrogens is 340 g/mol. The van der Waals surface area contributed by atoms with Gasteiger partial charge in [0.15, 0.2) is 0 Å². The molecule has 0 saturated heterocycles. The van der Waals surface area contributed by atoms with Gasteiger partial charge in [-0.3, -0.25) is 0 Å². The van der Waals surface area contributed by atoms with Gasteiger partial charge in [0.25, 0.3) is 0 Å². The summed E-state index contributed by atoms with van der Waals surface area (Å²) in [6.45, 7) is 0.608. The topological polar surface area (TPSA) is 72.2 Å². The molecule has 106 valence electrons. The summed E-state index contributed by atoms with van der Waals surface area (Å²) in [5.41, 5.74) is 7.46. The number of halogens is 1. The number of rotatable bonds is 5. The summed E-state index contributed by atoms with van der Waals surface area (Å²) in [5.74, 6) is 0. The van der Waals surface area contributed by atoms with Crippen molar-refractivity contribution in [3.05, 3.63) is 64.1 Å². The van der Waals surface area contributed by atoms with E-state index in [2.05, 4.69) is 20.7 Å². The van der Waals surface area contributed by atoms with Crippen LogP contribution in [0.2, 0.25) is 0 Å². The molecule has 0 amide bonds. The van der Waals surface area contributed by atoms with Crippen LogP contribution in [-0.2, 0) is 23.1 Å². The molecule has 0 heterocycles. The Morgan fingerprint density at radius 1 is 1.05 bits per heavy atom. The average molecular weight is 355 g/mol. The number of hydrogen-bond donors (Lipinski definition) is 2. The molecule has 0 radical (unpaired) electrons. The Bertz CT molecular complexity index is 702. The molecule has 2 aromatic rings. The number of benzene rings is 2. The van der Waals surface area contributed by atoms with Crippen LogP contribution < -0.4 is 10.5 Å². The second kappa shape index (κ2) is 6.49. The van der Waals surface area contributed by atoms with Gasteiger partial charge in [-0.2, -0.15) is 0 Å². The zero-order valence-electron chi connectivity index (χ0n) is 10.7. The van der Waals surface area contributed by atoms with Gasteiger partial charge in [-0.1, -0.05) is 46.3 Å². The summed E-state index contributed by atoms with van der Waals surface area (Å²) in [7, 11) is -3.53. The molecule has 0 aliphatic carbocycles. The van der Waals surface area contributed by atoms with E-state index in [0.29, 0.717) is 6.54 Å². The lowest BCUT2D eigenvalue weighted by molar-refractivity contribution is 0.581. The SMILES string of the molecule is NCc1ccccc1CNS(=O)(=O)c1cccc(Br)c1. The molecule has 3 N–H and O–H groups in total. The van der Waals surface area contributed by atoms with E-state index in [-0.39, 0.29) is 11.4 Å². The van der Waals surface area contributed by atoms with Gasteiger partial charge in [-0.15, -0.1) is 0 Å². The predicted molar refractivity (Wildman–Crippen MR) is 82.5 cm³/mol. The molecule has 0 unspecified atom stereocenters. The Hall–Kier alpha value is -1.21. The highest BCUT2D eigenvalue weighted by Gasteiger charge is 2.14. The van der Waals surface area contributed by atoms with Crippen molar-refractivity contribution in [3.63, 3.8) is 0 Å². The molecule has 6 heteroatoms. The van der Waals surface area contributed by atoms with E-state index in [9.17, 15) is 8.42 Å². The van der Waals surface area contributed by atoms with Crippen LogP contribution in [0.3, 0.4) is 0 Å². The normalized spacial score (nSPS) is 11.5. The fraction of sp³-hybridized carbons (Fsp3) is 0.143. The van der Waals surface area contributed by atoms with Crippen LogP contribution in [0.25, 0.3) is 0 Å². The predicted octanol–water partition coefficient (Wildman–Crippen LogP) is 2.39. The fourth-order valence-electron chi connectivity index (χ4n) is 1.82. The van der Waals surface area contributed by atoms with Crippen molar-refractivity contribution in [2.75, 3.05) is 0 Å². The number of nitrogens with one attached hydrogen (secondary N) is 1. The van der Waals surface area contributed by atoms with Crippen LogP contribution >= 0.6 is 15.9 Å². The molecule has 0 aliphatic rings. The minimum atomic E-state index is -3.53. The minimum Gasteiger partial charge on any atom is -0.326 e. The number of nitrogens with two attached hydrogens (primary N) is 1. The lowest BCUT2D eigenvalue weighted by Crippen LogP contribution is -2.24. The van der Waals surface area contributed by atoms with Crippen LogP contribution in [-0.4, -0.2) is 8.42 Å². The summed E-state index contributed by atoms with van der Waals surface area (Å²) in [5, 5.41) is 0. The smallest absolute Gasteiger partial charge is 0.240 e. The molecule has 4 nitrogen and oxygen atoms in total. The second-order valence-corrected chi connectivity index (χ2v) is 6.94. The lowest BCUT2D eigenvalue weighted by atomic mass is 10.1. The molecule has 0 spiro atoms. The maximum atomic E-state index is 12.2. The third kappa shape index (κ3) is 3.67. The summed E-state index contributed by atoms with van der Waals surface area (Å²) in [6, 6.07) is 14.1. The maximum absolute atomic E-state index is 12.2. The van der Waals surface area contributed by atoms with Crippen molar-refractivity contribution >= 4 is 26.0 Å². The van der Waals surface area contributed by atoms with Crippen molar-refractivity contribution in [2.24, 2.45) is 5.73 Å². The van der Waals surface area contributed by atoms with Gasteiger partial charge in [0, 0.05) is 17.6 Å². The standard InChI is InChI=1S/C14H15BrN2O2S/c15-13-6-3-7-14(8-13)20(18,19)17-10-12-5-2-1-4-11(12)9-16/h1-8,17H,9-10,16H2. The quantitative estimate of drug-likeness (QED) is 0.865. The molecule has 0 fully saturated rings. The third-order valence-electron chi connectivity index (χ3n) is 2.90. The van der Waals surface area contributed by atoms with Crippen LogP contribution in [0.4, 0.5) is 0 Å². The largest absolute Gasteiger partial charge is 0.326 e. The molecule has 20 heavy (non-hydrogen) atoms. The van der Waals surface area contributed by atoms with Crippen molar-refractivity contribution in [1.82, 2.24) is 4.72 Å². The highest BCUT2D eigenvalue weighted by atomic mass is 79.9. The highest BCUT2D eigenvalue weighted by Crippen LogP contribution is 2.16. The zero-order valence-corrected chi connectivity index (χ0v) is 13.1. The van der Waals surface area contributed by atoms with Crippen molar-refractivity contribution in [3.8, 4) is 0 Å². The van der Waals surface area contributed by atoms with Crippen LogP contribution in [0, 0.1) is 0 Å². The molecule has 0 bridgehead atoms. The molecule has 0 atom stereocenters. The van der Waals surface area contributed by atoms with E-state index in [0.717, 1.165) is 15.6 Å². The van der Waals surface area contributed by atoms with E-state index >= 15 is 0 Å². The lowest BCUT2D eigenvalue weighted by Gasteiger charge is -2.10. The van der Waals surface area contributed by atoms with Gasteiger partial charge in [0.2, 0.25) is 10.0 Å². The van der Waals surface area contributed by atoms with Crippen LogP contribution in [0.1, 0.15) is 11.1 Å². The van der Waals surface area contributed by atoms with Gasteiger partial charge < -0.3 is 5.73 Å². The Labute approximate surface area is 127 Å². The monoisotopic (exact) mass is 354 g/mol. The Kier molecular flexibility index (Phi) is 4.93. The molecule has 2 aromatic carbocycles. The van der Waals surface area contributed by atoms with Gasteiger partial charge in [0.05, 0.1) is 4.90 Å². The van der Waals surface area contributed by atoms with Gasteiger partial charge in [-0.25, -0.2) is 13.1 Å². The molecular formula is C14H15BrN2O2S.